The summed E-state index contributed by atoms with van der Waals surface area (Å²) in [6.07, 6.45) is 2.62. The highest BCUT2D eigenvalue weighted by molar-refractivity contribution is 6.91. The van der Waals surface area contributed by atoms with Crippen molar-refractivity contribution < 1.29 is 43.2 Å². The summed E-state index contributed by atoms with van der Waals surface area (Å²) in [5.74, 6) is -1.08. The number of β-lactam (4-membered cyclic amide) rings is 1. The van der Waals surface area contributed by atoms with E-state index < -0.39 is 32.0 Å². The summed E-state index contributed by atoms with van der Waals surface area (Å²) in [7, 11) is 0.505. The van der Waals surface area contributed by atoms with Gasteiger partial charge in [-0.15, -0.1) is 5.10 Å². The summed E-state index contributed by atoms with van der Waals surface area (Å²) in [5, 5.41) is 20.4. The minimum Gasteiger partial charge on any atom is -0.497 e. The lowest BCUT2D eigenvalue weighted by Crippen LogP contribution is -2.55. The SMILES string of the molecule is COC(=O)CCCCN1C(=O)[C@]2(O[C@H](CCn3cc(C(CO)c4ccccc4)nn3)[C@@H]([Si](C)(C)c3ccc(OC)cc3)[C@@H]2C)c2cc(N3C(=O)CC3OC(C)=O)ccc21. The number of unbranched alkanes of at least 4 members (excludes halogenated alkanes) is 1. The lowest BCUT2D eigenvalue weighted by Gasteiger charge is -2.39. The number of carbonyl (C=O) groups excluding carboxylic acids is 4. The number of ether oxygens (including phenoxy) is 4. The molecule has 2 saturated heterocycles. The Balaban J connectivity index is 1.27. The number of rotatable bonds is 16. The molecule has 3 aliphatic heterocycles. The van der Waals surface area contributed by atoms with Gasteiger partial charge in [-0.2, -0.15) is 0 Å². The molecule has 1 spiro atoms. The Bertz CT molecular complexity index is 2180. The number of nitrogens with zero attached hydrogens (tertiary/aromatic N) is 5. The van der Waals surface area contributed by atoms with Gasteiger partial charge < -0.3 is 29.0 Å². The van der Waals surface area contributed by atoms with Crippen molar-refractivity contribution in [3.05, 3.63) is 95.8 Å². The average molecular weight is 824 g/mol. The number of amides is 2. The molecule has 0 radical (unpaired) electrons. The van der Waals surface area contributed by atoms with Crippen LogP contribution >= 0.6 is 0 Å². The van der Waals surface area contributed by atoms with Gasteiger partial charge in [0.1, 0.15) is 5.75 Å². The van der Waals surface area contributed by atoms with Crippen molar-refractivity contribution >= 4 is 48.4 Å². The minimum absolute atomic E-state index is 0.0696. The molecule has 2 unspecified atom stereocenters. The van der Waals surface area contributed by atoms with Gasteiger partial charge in [0.2, 0.25) is 5.91 Å². The monoisotopic (exact) mass is 823 g/mol. The third-order valence-corrected chi connectivity index (χ3v) is 16.8. The number of anilines is 2. The van der Waals surface area contributed by atoms with Crippen LogP contribution in [0.5, 0.6) is 5.75 Å². The van der Waals surface area contributed by atoms with E-state index in [-0.39, 0.29) is 54.6 Å². The number of esters is 2. The van der Waals surface area contributed by atoms with Gasteiger partial charge in [0.05, 0.1) is 58.7 Å². The molecule has 0 aliphatic carbocycles. The predicted octanol–water partition coefficient (Wildman–Crippen LogP) is 5.03. The van der Waals surface area contributed by atoms with E-state index in [9.17, 15) is 19.5 Å². The van der Waals surface area contributed by atoms with Crippen LogP contribution < -0.4 is 19.7 Å². The fourth-order valence-corrected chi connectivity index (χ4v) is 13.5. The van der Waals surface area contributed by atoms with Gasteiger partial charge in [-0.25, -0.2) is 0 Å². The molecule has 4 aromatic rings. The Morgan fingerprint density at radius 3 is 2.42 bits per heavy atom. The molecule has 1 N–H and O–H groups in total. The molecule has 2 fully saturated rings. The third-order valence-electron chi connectivity index (χ3n) is 12.5. The second-order valence-corrected chi connectivity index (χ2v) is 20.9. The van der Waals surface area contributed by atoms with E-state index in [1.54, 1.807) is 22.8 Å². The Morgan fingerprint density at radius 2 is 1.76 bits per heavy atom. The molecule has 4 heterocycles. The molecule has 15 heteroatoms. The molecular formula is C44H53N5O9Si. The van der Waals surface area contributed by atoms with Gasteiger partial charge in [0.25, 0.3) is 5.91 Å². The van der Waals surface area contributed by atoms with E-state index in [0.717, 1.165) is 11.3 Å². The molecule has 6 atom stereocenters. The molecule has 312 valence electrons. The first kappa shape index (κ1) is 41.8. The van der Waals surface area contributed by atoms with Crippen LogP contribution in [0.2, 0.25) is 18.6 Å². The number of aryl methyl sites for hydroxylation is 1. The van der Waals surface area contributed by atoms with Crippen LogP contribution in [0.15, 0.2) is 79.0 Å². The van der Waals surface area contributed by atoms with E-state index >= 15 is 4.79 Å². The molecule has 14 nitrogen and oxygen atoms in total. The molecule has 0 bridgehead atoms. The van der Waals surface area contributed by atoms with Gasteiger partial charge in [-0.1, -0.05) is 72.9 Å². The van der Waals surface area contributed by atoms with Crippen molar-refractivity contribution in [2.75, 3.05) is 37.2 Å². The number of aromatic nitrogens is 3. The summed E-state index contributed by atoms with van der Waals surface area (Å²) >= 11 is 0. The van der Waals surface area contributed by atoms with Crippen molar-refractivity contribution in [1.29, 1.82) is 0 Å². The Hall–Kier alpha value is -5.38. The first-order chi connectivity index (χ1) is 28.3. The number of aliphatic hydroxyl groups is 1. The van der Waals surface area contributed by atoms with E-state index in [1.807, 2.05) is 60.8 Å². The fourth-order valence-electron chi connectivity index (χ4n) is 9.46. The smallest absolute Gasteiger partial charge is 0.305 e. The molecular weight excluding hydrogens is 771 g/mol. The van der Waals surface area contributed by atoms with E-state index in [1.165, 1.54) is 24.1 Å². The molecule has 7 rings (SSSR count). The van der Waals surface area contributed by atoms with Crippen molar-refractivity contribution in [2.24, 2.45) is 5.92 Å². The van der Waals surface area contributed by atoms with Gasteiger partial charge in [0, 0.05) is 49.8 Å². The van der Waals surface area contributed by atoms with Gasteiger partial charge in [-0.05, 0) is 60.7 Å². The third kappa shape index (κ3) is 7.78. The van der Waals surface area contributed by atoms with Crippen molar-refractivity contribution in [3.63, 3.8) is 0 Å². The zero-order chi connectivity index (χ0) is 42.1. The number of hydrogen-bond donors (Lipinski definition) is 1. The van der Waals surface area contributed by atoms with Crippen molar-refractivity contribution in [3.8, 4) is 5.75 Å². The average Bonchev–Trinajstić information content (AvgIpc) is 3.88. The lowest BCUT2D eigenvalue weighted by molar-refractivity contribution is -0.154. The van der Waals surface area contributed by atoms with Gasteiger partial charge in [-0.3, -0.25) is 28.8 Å². The molecule has 59 heavy (non-hydrogen) atoms. The maximum Gasteiger partial charge on any atom is 0.305 e. The van der Waals surface area contributed by atoms with Crippen LogP contribution in [0.1, 0.15) is 68.7 Å². The highest BCUT2D eigenvalue weighted by atomic mass is 28.3. The van der Waals surface area contributed by atoms with Crippen LogP contribution in [-0.4, -0.2) is 91.6 Å². The van der Waals surface area contributed by atoms with Crippen LogP contribution in [0, 0.1) is 5.92 Å². The lowest BCUT2D eigenvalue weighted by atomic mass is 9.82. The summed E-state index contributed by atoms with van der Waals surface area (Å²) in [6.45, 7) is 8.72. The van der Waals surface area contributed by atoms with Crippen molar-refractivity contribution in [2.45, 2.75) is 95.0 Å². The normalized spacial score (nSPS) is 23.0. The second kappa shape index (κ2) is 17.1. The number of carbonyl (C=O) groups is 4. The largest absolute Gasteiger partial charge is 0.497 e. The van der Waals surface area contributed by atoms with Crippen LogP contribution in [0.4, 0.5) is 11.4 Å². The molecule has 3 aromatic carbocycles. The number of methoxy groups -OCH3 is 2. The van der Waals surface area contributed by atoms with Crippen molar-refractivity contribution in [1.82, 2.24) is 15.0 Å². The number of benzene rings is 3. The highest BCUT2D eigenvalue weighted by Gasteiger charge is 2.66. The Labute approximate surface area is 345 Å². The Kier molecular flexibility index (Phi) is 12.1. The first-order valence-electron chi connectivity index (χ1n) is 20.2. The maximum atomic E-state index is 15.3. The highest BCUT2D eigenvalue weighted by Crippen LogP contribution is 2.60. The van der Waals surface area contributed by atoms with Crippen LogP contribution in [0.25, 0.3) is 0 Å². The van der Waals surface area contributed by atoms with Gasteiger partial charge >= 0.3 is 11.9 Å². The molecule has 1 aromatic heterocycles. The standard InChI is InChI=1S/C44H53N5O9Si/c1-28-42(59(5,6)33-18-16-32(55-3)17-19-33)38(21-23-47-26-36(45-46-47)34(27-50)30-12-8-7-9-13-30)58-44(28)35-24-31(49-39(52)25-40(49)57-29(2)51)15-20-37(35)48(43(44)54)22-11-10-14-41(53)56-4/h7-9,12-13,15-20,24,26,28,34,38,40,42,50H,10-11,14,21-23,25,27H2,1-6H3/t28-,34?,38+,40?,42-,44+/m0/s1. The van der Waals surface area contributed by atoms with E-state index in [0.29, 0.717) is 55.0 Å². The summed E-state index contributed by atoms with van der Waals surface area (Å²) in [5.41, 5.74) is 1.96. The molecule has 0 saturated carbocycles. The minimum atomic E-state index is -2.50. The first-order valence-corrected chi connectivity index (χ1v) is 23.3. The molecule has 2 amide bonds. The maximum absolute atomic E-state index is 15.3. The van der Waals surface area contributed by atoms with Crippen LogP contribution in [-0.2, 0) is 45.5 Å². The fraction of sp³-hybridized carbons (Fsp3) is 0.455. The zero-order valence-corrected chi connectivity index (χ0v) is 35.5. The predicted molar refractivity (Wildman–Crippen MR) is 222 cm³/mol. The Morgan fingerprint density at radius 1 is 1.02 bits per heavy atom. The van der Waals surface area contributed by atoms with E-state index in [2.05, 4.69) is 42.5 Å². The summed E-state index contributed by atoms with van der Waals surface area (Å²) < 4.78 is 25.0. The number of hydrogen-bond acceptors (Lipinski definition) is 11. The quantitative estimate of drug-likeness (QED) is 0.0698. The molecule has 3 aliphatic rings. The zero-order valence-electron chi connectivity index (χ0n) is 34.5. The van der Waals surface area contributed by atoms with Crippen LogP contribution in [0.3, 0.4) is 0 Å². The number of fused-ring (bicyclic) bond motifs is 2. The summed E-state index contributed by atoms with van der Waals surface area (Å²) in [6, 6.07) is 23.4. The van der Waals surface area contributed by atoms with Gasteiger partial charge in [0.15, 0.2) is 11.8 Å². The second-order valence-electron chi connectivity index (χ2n) is 16.2. The number of aliphatic hydroxyl groups excluding tert-OH is 1. The van der Waals surface area contributed by atoms with E-state index in [4.69, 9.17) is 18.9 Å². The topological polar surface area (TPSA) is 163 Å². The summed E-state index contributed by atoms with van der Waals surface area (Å²) in [4.78, 5) is 55.5.